The zero-order valence-corrected chi connectivity index (χ0v) is 16.7. The summed E-state index contributed by atoms with van der Waals surface area (Å²) in [7, 11) is 0. The molecule has 1 amide bonds. The Balaban J connectivity index is 1.30. The molecule has 1 aromatic heterocycles. The summed E-state index contributed by atoms with van der Waals surface area (Å²) in [6.07, 6.45) is 3.00. The van der Waals surface area contributed by atoms with Gasteiger partial charge >= 0.3 is 0 Å². The fourth-order valence-corrected chi connectivity index (χ4v) is 5.26. The van der Waals surface area contributed by atoms with Crippen molar-refractivity contribution in [2.24, 2.45) is 5.92 Å². The zero-order valence-electron chi connectivity index (χ0n) is 14.3. The second kappa shape index (κ2) is 7.60. The number of nitrogens with zero attached hydrogens (tertiary/aromatic N) is 2. The fraction of sp³-hybridized carbons (Fsp3) is 0.450. The maximum Gasteiger partial charge on any atom is 0.226 e. The maximum atomic E-state index is 12.9. The molecule has 0 bridgehead atoms. The number of carbonyl (C=O) groups excluding carboxylic acids is 1. The highest BCUT2D eigenvalue weighted by molar-refractivity contribution is 9.10. The number of thiophene rings is 1. The van der Waals surface area contributed by atoms with Gasteiger partial charge in [0.05, 0.1) is 0 Å². The van der Waals surface area contributed by atoms with E-state index in [9.17, 15) is 4.79 Å². The molecule has 0 radical (unpaired) electrons. The van der Waals surface area contributed by atoms with E-state index in [4.69, 9.17) is 0 Å². The van der Waals surface area contributed by atoms with Crippen molar-refractivity contribution in [1.82, 2.24) is 9.80 Å². The lowest BCUT2D eigenvalue weighted by Crippen LogP contribution is -2.43. The number of hydrogen-bond donors (Lipinski definition) is 0. The summed E-state index contributed by atoms with van der Waals surface area (Å²) in [6.45, 7) is 4.71. The molecular weight excluding hydrogens is 396 g/mol. The van der Waals surface area contributed by atoms with Crippen LogP contribution in [0.4, 0.5) is 0 Å². The number of piperidine rings is 1. The molecule has 2 aliphatic rings. The Hall–Kier alpha value is -1.17. The number of rotatable bonds is 3. The first-order valence-electron chi connectivity index (χ1n) is 9.00. The third kappa shape index (κ3) is 3.99. The van der Waals surface area contributed by atoms with Crippen LogP contribution in [0.25, 0.3) is 0 Å². The largest absolute Gasteiger partial charge is 0.338 e. The molecule has 1 saturated heterocycles. The molecule has 3 heterocycles. The van der Waals surface area contributed by atoms with E-state index in [1.165, 1.54) is 16.0 Å². The minimum absolute atomic E-state index is 0.207. The van der Waals surface area contributed by atoms with Crippen molar-refractivity contribution in [3.63, 3.8) is 0 Å². The molecule has 0 aliphatic carbocycles. The first kappa shape index (κ1) is 17.3. The van der Waals surface area contributed by atoms with E-state index >= 15 is 0 Å². The molecule has 132 valence electrons. The molecule has 5 heteroatoms. The van der Waals surface area contributed by atoms with Crippen LogP contribution >= 0.6 is 27.3 Å². The summed E-state index contributed by atoms with van der Waals surface area (Å²) in [6, 6.07) is 10.7. The summed E-state index contributed by atoms with van der Waals surface area (Å²) in [5.74, 6) is 0.581. The van der Waals surface area contributed by atoms with E-state index < -0.39 is 0 Å². The molecule has 0 spiro atoms. The minimum Gasteiger partial charge on any atom is -0.338 e. The summed E-state index contributed by atoms with van der Waals surface area (Å²) in [5, 5.41) is 2.15. The van der Waals surface area contributed by atoms with Gasteiger partial charge in [0.2, 0.25) is 5.91 Å². The van der Waals surface area contributed by atoms with Crippen molar-refractivity contribution in [3.05, 3.63) is 56.2 Å². The second-order valence-electron chi connectivity index (χ2n) is 7.06. The van der Waals surface area contributed by atoms with Crippen molar-refractivity contribution in [3.8, 4) is 0 Å². The second-order valence-corrected chi connectivity index (χ2v) is 8.98. The zero-order chi connectivity index (χ0) is 17.2. The fourth-order valence-electron chi connectivity index (χ4n) is 3.93. The Kier molecular flexibility index (Phi) is 5.25. The standard InChI is InChI=1S/C20H23BrN2OS/c21-18-3-1-2-15(12-18)13-22-8-4-16(5-9-22)20(24)23-10-6-19-17(14-23)7-11-25-19/h1-3,7,11-12,16H,4-6,8-10,13-14H2. The molecule has 1 aromatic carbocycles. The summed E-state index contributed by atoms with van der Waals surface area (Å²) in [5.41, 5.74) is 2.69. The van der Waals surface area contributed by atoms with E-state index in [0.29, 0.717) is 5.91 Å². The van der Waals surface area contributed by atoms with Crippen molar-refractivity contribution >= 4 is 33.2 Å². The topological polar surface area (TPSA) is 23.6 Å². The smallest absolute Gasteiger partial charge is 0.226 e. The first-order chi connectivity index (χ1) is 12.2. The highest BCUT2D eigenvalue weighted by Gasteiger charge is 2.30. The SMILES string of the molecule is O=C(C1CCN(Cc2cccc(Br)c2)CC1)N1CCc2sccc2C1. The van der Waals surface area contributed by atoms with Crippen LogP contribution < -0.4 is 0 Å². The van der Waals surface area contributed by atoms with Crippen LogP contribution in [-0.2, 0) is 24.3 Å². The van der Waals surface area contributed by atoms with E-state index in [2.05, 4.69) is 61.4 Å². The van der Waals surface area contributed by atoms with Crippen molar-refractivity contribution in [1.29, 1.82) is 0 Å². The molecule has 3 nitrogen and oxygen atoms in total. The van der Waals surface area contributed by atoms with Crippen molar-refractivity contribution in [2.75, 3.05) is 19.6 Å². The number of carbonyl (C=O) groups is 1. The number of benzene rings is 1. The number of hydrogen-bond acceptors (Lipinski definition) is 3. The van der Waals surface area contributed by atoms with Gasteiger partial charge in [-0.05, 0) is 67.1 Å². The van der Waals surface area contributed by atoms with Gasteiger partial charge in [-0.3, -0.25) is 9.69 Å². The predicted octanol–water partition coefficient (Wildman–Crippen LogP) is 4.31. The van der Waals surface area contributed by atoms with Gasteiger partial charge in [0.1, 0.15) is 0 Å². The normalized spacial score (nSPS) is 19.0. The molecule has 0 saturated carbocycles. The lowest BCUT2D eigenvalue weighted by atomic mass is 9.94. The Morgan fingerprint density at radius 2 is 2.04 bits per heavy atom. The average Bonchev–Trinajstić information content (AvgIpc) is 3.09. The van der Waals surface area contributed by atoms with Gasteiger partial charge in [0.15, 0.2) is 0 Å². The third-order valence-corrected chi connectivity index (χ3v) is 6.87. The summed E-state index contributed by atoms with van der Waals surface area (Å²) >= 11 is 5.37. The Morgan fingerprint density at radius 3 is 2.84 bits per heavy atom. The lowest BCUT2D eigenvalue weighted by molar-refractivity contribution is -0.138. The predicted molar refractivity (Wildman–Crippen MR) is 106 cm³/mol. The van der Waals surface area contributed by atoms with Crippen LogP contribution in [-0.4, -0.2) is 35.3 Å². The quantitative estimate of drug-likeness (QED) is 0.741. The van der Waals surface area contributed by atoms with Crippen LogP contribution in [0.15, 0.2) is 40.2 Å². The Labute approximate surface area is 161 Å². The number of likely N-dealkylation sites (tertiary alicyclic amines) is 1. The van der Waals surface area contributed by atoms with E-state index in [0.717, 1.165) is 56.5 Å². The number of halogens is 1. The monoisotopic (exact) mass is 418 g/mol. The maximum absolute atomic E-state index is 12.9. The Morgan fingerprint density at radius 1 is 1.20 bits per heavy atom. The summed E-state index contributed by atoms with van der Waals surface area (Å²) in [4.78, 5) is 18.9. The van der Waals surface area contributed by atoms with E-state index in [1.54, 1.807) is 0 Å². The van der Waals surface area contributed by atoms with Gasteiger partial charge in [-0.25, -0.2) is 0 Å². The van der Waals surface area contributed by atoms with Gasteiger partial charge < -0.3 is 4.90 Å². The molecule has 2 aliphatic heterocycles. The number of amides is 1. The molecular formula is C20H23BrN2OS. The van der Waals surface area contributed by atoms with Gasteiger partial charge in [-0.15, -0.1) is 11.3 Å². The molecule has 1 fully saturated rings. The van der Waals surface area contributed by atoms with Gasteiger partial charge in [0.25, 0.3) is 0 Å². The molecule has 0 N–H and O–H groups in total. The molecule has 0 unspecified atom stereocenters. The van der Waals surface area contributed by atoms with Crippen LogP contribution in [0.3, 0.4) is 0 Å². The van der Waals surface area contributed by atoms with Gasteiger partial charge in [0, 0.05) is 34.9 Å². The highest BCUT2D eigenvalue weighted by Crippen LogP contribution is 2.27. The van der Waals surface area contributed by atoms with Gasteiger partial charge in [-0.1, -0.05) is 28.1 Å². The van der Waals surface area contributed by atoms with Crippen molar-refractivity contribution < 1.29 is 4.79 Å². The van der Waals surface area contributed by atoms with Crippen LogP contribution in [0.2, 0.25) is 0 Å². The van der Waals surface area contributed by atoms with Crippen LogP contribution in [0.5, 0.6) is 0 Å². The molecule has 4 rings (SSSR count). The summed E-state index contributed by atoms with van der Waals surface area (Å²) < 4.78 is 1.13. The number of fused-ring (bicyclic) bond motifs is 1. The van der Waals surface area contributed by atoms with E-state index in [-0.39, 0.29) is 5.92 Å². The lowest BCUT2D eigenvalue weighted by Gasteiger charge is -2.35. The molecule has 25 heavy (non-hydrogen) atoms. The molecule has 0 atom stereocenters. The van der Waals surface area contributed by atoms with Crippen molar-refractivity contribution in [2.45, 2.75) is 32.4 Å². The van der Waals surface area contributed by atoms with Crippen LogP contribution in [0.1, 0.15) is 28.8 Å². The third-order valence-electron chi connectivity index (χ3n) is 5.35. The molecule has 2 aromatic rings. The average molecular weight is 419 g/mol. The highest BCUT2D eigenvalue weighted by atomic mass is 79.9. The van der Waals surface area contributed by atoms with Crippen LogP contribution in [0, 0.1) is 5.92 Å². The first-order valence-corrected chi connectivity index (χ1v) is 10.7. The Bertz CT molecular complexity index is 752. The van der Waals surface area contributed by atoms with E-state index in [1.807, 2.05) is 11.3 Å². The minimum atomic E-state index is 0.207. The van der Waals surface area contributed by atoms with Gasteiger partial charge in [-0.2, -0.15) is 0 Å².